The number of rotatable bonds is 3. The number of thioether (sulfide) groups is 1. The van der Waals surface area contributed by atoms with Crippen LogP contribution in [0.1, 0.15) is 27.6 Å². The lowest BCUT2D eigenvalue weighted by atomic mass is 10.0. The van der Waals surface area contributed by atoms with E-state index < -0.39 is 0 Å². The van der Waals surface area contributed by atoms with Crippen LogP contribution in [-0.4, -0.2) is 28.6 Å². The van der Waals surface area contributed by atoms with Crippen LogP contribution in [0.2, 0.25) is 5.02 Å². The van der Waals surface area contributed by atoms with Crippen molar-refractivity contribution in [2.75, 3.05) is 18.2 Å². The molecule has 1 aliphatic heterocycles. The van der Waals surface area contributed by atoms with E-state index in [1.54, 1.807) is 23.6 Å². The van der Waals surface area contributed by atoms with E-state index in [0.717, 1.165) is 33.8 Å². The minimum atomic E-state index is -0.0402. The van der Waals surface area contributed by atoms with Gasteiger partial charge in [-0.1, -0.05) is 29.8 Å². The van der Waals surface area contributed by atoms with Crippen molar-refractivity contribution in [2.24, 2.45) is 0 Å². The zero-order valence-corrected chi connectivity index (χ0v) is 17.4. The molecular weight excluding hydrogens is 394 g/mol. The van der Waals surface area contributed by atoms with Crippen LogP contribution in [0.25, 0.3) is 5.69 Å². The van der Waals surface area contributed by atoms with Gasteiger partial charge in [-0.2, -0.15) is 5.10 Å². The van der Waals surface area contributed by atoms with Crippen LogP contribution in [0.5, 0.6) is 5.75 Å². The molecule has 3 aromatic rings. The van der Waals surface area contributed by atoms with Gasteiger partial charge in [-0.25, -0.2) is 4.68 Å². The van der Waals surface area contributed by atoms with Crippen molar-refractivity contribution in [3.63, 3.8) is 0 Å². The van der Waals surface area contributed by atoms with Crippen LogP contribution in [-0.2, 0) is 4.79 Å². The summed E-state index contributed by atoms with van der Waals surface area (Å²) in [5.74, 6) is 1.84. The molecule has 1 atom stereocenters. The Morgan fingerprint density at radius 2 is 1.96 bits per heavy atom. The summed E-state index contributed by atoms with van der Waals surface area (Å²) >= 11 is 7.92. The second-order valence-corrected chi connectivity index (χ2v) is 8.21. The highest BCUT2D eigenvalue weighted by atomic mass is 35.5. The van der Waals surface area contributed by atoms with Gasteiger partial charge < -0.3 is 10.1 Å². The average molecular weight is 414 g/mol. The van der Waals surface area contributed by atoms with E-state index in [-0.39, 0.29) is 11.2 Å². The number of hydrogen-bond acceptors (Lipinski definition) is 4. The Labute approximate surface area is 173 Å². The lowest BCUT2D eigenvalue weighted by Gasteiger charge is -2.16. The number of halogens is 1. The summed E-state index contributed by atoms with van der Waals surface area (Å²) in [6.07, 6.45) is 0. The number of carbonyl (C=O) groups is 1. The molecule has 0 unspecified atom stereocenters. The topological polar surface area (TPSA) is 56.1 Å². The highest BCUT2D eigenvalue weighted by Gasteiger charge is 2.30. The fourth-order valence-electron chi connectivity index (χ4n) is 3.33. The van der Waals surface area contributed by atoms with E-state index in [2.05, 4.69) is 5.32 Å². The number of carbonyl (C=O) groups excluding carboxylic acids is 1. The molecular formula is C21H20ClN3O2S. The van der Waals surface area contributed by atoms with E-state index in [0.29, 0.717) is 16.6 Å². The number of aryl methyl sites for hydroxylation is 2. The predicted octanol–water partition coefficient (Wildman–Crippen LogP) is 4.93. The van der Waals surface area contributed by atoms with Crippen LogP contribution in [0.15, 0.2) is 42.5 Å². The first-order valence-corrected chi connectivity index (χ1v) is 10.3. The number of aromatic nitrogens is 2. The van der Waals surface area contributed by atoms with Gasteiger partial charge in [0.1, 0.15) is 11.6 Å². The molecule has 28 heavy (non-hydrogen) atoms. The number of amides is 1. The minimum absolute atomic E-state index is 0.00507. The Hall–Kier alpha value is -2.44. The molecule has 1 amide bonds. The van der Waals surface area contributed by atoms with Crippen LogP contribution in [0, 0.1) is 13.8 Å². The Balaban J connectivity index is 1.85. The molecule has 144 valence electrons. The minimum Gasteiger partial charge on any atom is -0.497 e. The van der Waals surface area contributed by atoms with Crippen LogP contribution >= 0.6 is 23.4 Å². The summed E-state index contributed by atoms with van der Waals surface area (Å²) in [6.45, 7) is 3.93. The molecule has 0 saturated heterocycles. The third kappa shape index (κ3) is 3.38. The fraction of sp³-hybridized carbons (Fsp3) is 0.238. The Morgan fingerprint density at radius 1 is 1.21 bits per heavy atom. The first-order chi connectivity index (χ1) is 13.5. The smallest absolute Gasteiger partial charge is 0.235 e. The van der Waals surface area contributed by atoms with Crippen molar-refractivity contribution in [3.8, 4) is 11.4 Å². The molecule has 0 aliphatic carbocycles. The quantitative estimate of drug-likeness (QED) is 0.661. The van der Waals surface area contributed by atoms with Crippen LogP contribution in [0.3, 0.4) is 0 Å². The van der Waals surface area contributed by atoms with Crippen molar-refractivity contribution in [1.29, 1.82) is 0 Å². The number of methoxy groups -OCH3 is 1. The zero-order chi connectivity index (χ0) is 19.8. The maximum atomic E-state index is 12.4. The summed E-state index contributed by atoms with van der Waals surface area (Å²) in [7, 11) is 1.65. The molecule has 0 fully saturated rings. The standard InChI is InChI=1S/C21H20ClN3O2S/c1-12-4-7-15(10-17(12)22)25-21-19(13(2)24-25)20(28-11-18(26)23-21)14-5-8-16(27-3)9-6-14/h4-10,20H,11H2,1-3H3,(H,23,26)/t20-/m0/s1. The van der Waals surface area contributed by atoms with E-state index in [9.17, 15) is 4.79 Å². The van der Waals surface area contributed by atoms with Gasteiger partial charge in [0.15, 0.2) is 0 Å². The summed E-state index contributed by atoms with van der Waals surface area (Å²) in [6, 6.07) is 13.7. The van der Waals surface area contributed by atoms with Gasteiger partial charge in [0.05, 0.1) is 29.5 Å². The maximum absolute atomic E-state index is 12.4. The molecule has 1 aromatic heterocycles. The van der Waals surface area contributed by atoms with Gasteiger partial charge in [0, 0.05) is 10.6 Å². The number of ether oxygens (including phenoxy) is 1. The lowest BCUT2D eigenvalue weighted by Crippen LogP contribution is -2.15. The van der Waals surface area contributed by atoms with Gasteiger partial charge in [-0.05, 0) is 49.2 Å². The highest BCUT2D eigenvalue weighted by molar-refractivity contribution is 8.00. The first kappa shape index (κ1) is 18.9. The van der Waals surface area contributed by atoms with E-state index >= 15 is 0 Å². The normalized spacial score (nSPS) is 16.3. The maximum Gasteiger partial charge on any atom is 0.235 e. The van der Waals surface area contributed by atoms with Gasteiger partial charge >= 0.3 is 0 Å². The Kier molecular flexibility index (Phi) is 5.08. The van der Waals surface area contributed by atoms with Crippen molar-refractivity contribution in [2.45, 2.75) is 19.1 Å². The van der Waals surface area contributed by atoms with E-state index in [1.165, 1.54) is 0 Å². The highest BCUT2D eigenvalue weighted by Crippen LogP contribution is 2.44. The van der Waals surface area contributed by atoms with Gasteiger partial charge in [0.2, 0.25) is 5.91 Å². The SMILES string of the molecule is COc1ccc([C@@H]2SCC(=O)Nc3c2c(C)nn3-c2ccc(C)c(Cl)c2)cc1. The molecule has 1 N–H and O–H groups in total. The number of nitrogens with zero attached hydrogens (tertiary/aromatic N) is 2. The van der Waals surface area contributed by atoms with Gasteiger partial charge in [0.25, 0.3) is 0 Å². The average Bonchev–Trinajstić information content (AvgIpc) is 2.90. The summed E-state index contributed by atoms with van der Waals surface area (Å²) in [5.41, 5.74) is 4.81. The number of anilines is 1. The Bertz CT molecular complexity index is 1050. The molecule has 0 radical (unpaired) electrons. The summed E-state index contributed by atoms with van der Waals surface area (Å²) in [4.78, 5) is 12.4. The van der Waals surface area contributed by atoms with E-state index in [4.69, 9.17) is 21.4 Å². The molecule has 4 rings (SSSR count). The van der Waals surface area contributed by atoms with Crippen LogP contribution < -0.4 is 10.1 Å². The molecule has 7 heteroatoms. The van der Waals surface area contributed by atoms with Crippen molar-refractivity contribution >= 4 is 35.1 Å². The lowest BCUT2D eigenvalue weighted by molar-refractivity contribution is -0.113. The first-order valence-electron chi connectivity index (χ1n) is 8.89. The number of benzene rings is 2. The van der Waals surface area contributed by atoms with Crippen molar-refractivity contribution < 1.29 is 9.53 Å². The predicted molar refractivity (Wildman–Crippen MR) is 114 cm³/mol. The second-order valence-electron chi connectivity index (χ2n) is 6.71. The third-order valence-corrected chi connectivity index (χ3v) is 6.50. The molecule has 2 aromatic carbocycles. The molecule has 2 heterocycles. The Morgan fingerprint density at radius 3 is 2.64 bits per heavy atom. The molecule has 5 nitrogen and oxygen atoms in total. The number of fused-ring (bicyclic) bond motifs is 1. The zero-order valence-electron chi connectivity index (χ0n) is 15.8. The van der Waals surface area contributed by atoms with Crippen molar-refractivity contribution in [3.05, 3.63) is 69.9 Å². The second kappa shape index (κ2) is 7.53. The summed E-state index contributed by atoms with van der Waals surface area (Å²) < 4.78 is 7.05. The third-order valence-electron chi connectivity index (χ3n) is 4.83. The summed E-state index contributed by atoms with van der Waals surface area (Å²) in [5, 5.41) is 8.43. The monoisotopic (exact) mass is 413 g/mol. The largest absolute Gasteiger partial charge is 0.497 e. The molecule has 0 bridgehead atoms. The number of nitrogens with one attached hydrogen (secondary N) is 1. The number of hydrogen-bond donors (Lipinski definition) is 1. The molecule has 0 spiro atoms. The van der Waals surface area contributed by atoms with Crippen molar-refractivity contribution in [1.82, 2.24) is 9.78 Å². The van der Waals surface area contributed by atoms with E-state index in [1.807, 2.05) is 56.3 Å². The molecule has 1 aliphatic rings. The fourth-order valence-corrected chi connectivity index (χ4v) is 4.69. The van der Waals surface area contributed by atoms with Crippen LogP contribution in [0.4, 0.5) is 5.82 Å². The van der Waals surface area contributed by atoms with Gasteiger partial charge in [-0.3, -0.25) is 4.79 Å². The van der Waals surface area contributed by atoms with Gasteiger partial charge in [-0.15, -0.1) is 11.8 Å². The molecule has 0 saturated carbocycles.